The molecule has 0 aliphatic carbocycles. The second-order valence-electron chi connectivity index (χ2n) is 6.68. The summed E-state index contributed by atoms with van der Waals surface area (Å²) in [7, 11) is 0. The van der Waals surface area contributed by atoms with Crippen LogP contribution in [-0.4, -0.2) is 65.3 Å². The fraction of sp³-hybridized carbons (Fsp3) is 0.625. The van der Waals surface area contributed by atoms with E-state index in [-0.39, 0.29) is 18.8 Å². The maximum absolute atomic E-state index is 12.2. The van der Waals surface area contributed by atoms with Crippen LogP contribution in [-0.2, 0) is 28.8 Å². The number of carboxylic acid groups (broad SMARTS) is 1. The first-order chi connectivity index (χ1) is 13.3. The minimum absolute atomic E-state index is 0.224. The molecule has 3 unspecified atom stereocenters. The van der Waals surface area contributed by atoms with Crippen LogP contribution < -0.4 is 33.2 Å². The molecular weight excluding hydrogens is 388 g/mol. The van der Waals surface area contributed by atoms with Gasteiger partial charge in [-0.2, -0.15) is 0 Å². The van der Waals surface area contributed by atoms with Crippen molar-refractivity contribution >= 4 is 35.5 Å². The van der Waals surface area contributed by atoms with E-state index in [2.05, 4.69) is 16.0 Å². The summed E-state index contributed by atoms with van der Waals surface area (Å²) in [4.78, 5) is 69.1. The molecule has 0 aliphatic heterocycles. The van der Waals surface area contributed by atoms with E-state index in [1.807, 2.05) is 0 Å². The highest BCUT2D eigenvalue weighted by atomic mass is 16.4. The van der Waals surface area contributed by atoms with E-state index in [9.17, 15) is 28.8 Å². The first-order valence-corrected chi connectivity index (χ1v) is 8.77. The van der Waals surface area contributed by atoms with Gasteiger partial charge in [0.05, 0.1) is 19.0 Å². The van der Waals surface area contributed by atoms with E-state index >= 15 is 0 Å². The molecule has 0 spiro atoms. The summed E-state index contributed by atoms with van der Waals surface area (Å²) in [5.41, 5.74) is 15.7. The zero-order chi connectivity index (χ0) is 22.7. The number of primary amides is 2. The lowest BCUT2D eigenvalue weighted by Crippen LogP contribution is -2.55. The fourth-order valence-corrected chi connectivity index (χ4v) is 2.06. The summed E-state index contributed by atoms with van der Waals surface area (Å²) in [5.74, 6) is -5.64. The largest absolute Gasteiger partial charge is 0.480 e. The molecule has 0 heterocycles. The normalized spacial score (nSPS) is 13.7. The SMILES string of the molecule is CC(C)C(N)C(=O)NC(CC(N)=O)C(=O)NCC(=O)NC(CCC(N)=O)C(=O)O. The van der Waals surface area contributed by atoms with E-state index in [1.54, 1.807) is 13.8 Å². The van der Waals surface area contributed by atoms with Gasteiger partial charge < -0.3 is 38.3 Å². The second kappa shape index (κ2) is 12.3. The average molecular weight is 416 g/mol. The van der Waals surface area contributed by atoms with Gasteiger partial charge in [-0.25, -0.2) is 4.79 Å². The Kier molecular flexibility index (Phi) is 10.9. The predicted octanol–water partition coefficient (Wildman–Crippen LogP) is -3.72. The molecule has 0 fully saturated rings. The highest BCUT2D eigenvalue weighted by molar-refractivity contribution is 5.95. The van der Waals surface area contributed by atoms with Crippen LogP contribution in [0.15, 0.2) is 0 Å². The lowest BCUT2D eigenvalue weighted by Gasteiger charge is -2.21. The summed E-state index contributed by atoms with van der Waals surface area (Å²) in [6.45, 7) is 2.74. The summed E-state index contributed by atoms with van der Waals surface area (Å²) < 4.78 is 0. The fourth-order valence-electron chi connectivity index (χ4n) is 2.06. The van der Waals surface area contributed by atoms with E-state index in [0.29, 0.717) is 0 Å². The number of carbonyl (C=O) groups excluding carboxylic acids is 5. The van der Waals surface area contributed by atoms with Gasteiger partial charge >= 0.3 is 5.97 Å². The van der Waals surface area contributed by atoms with E-state index < -0.39 is 66.6 Å². The molecule has 0 saturated carbocycles. The lowest BCUT2D eigenvalue weighted by molar-refractivity contribution is -0.142. The Hall–Kier alpha value is -3.22. The third kappa shape index (κ3) is 10.6. The van der Waals surface area contributed by atoms with E-state index in [4.69, 9.17) is 22.3 Å². The lowest BCUT2D eigenvalue weighted by atomic mass is 10.0. The maximum Gasteiger partial charge on any atom is 0.326 e. The summed E-state index contributed by atoms with van der Waals surface area (Å²) >= 11 is 0. The molecule has 0 radical (unpaired) electrons. The monoisotopic (exact) mass is 416 g/mol. The van der Waals surface area contributed by atoms with Crippen molar-refractivity contribution in [3.63, 3.8) is 0 Å². The van der Waals surface area contributed by atoms with Gasteiger partial charge in [0, 0.05) is 6.42 Å². The Morgan fingerprint density at radius 1 is 0.897 bits per heavy atom. The molecule has 0 aromatic rings. The molecule has 13 nitrogen and oxygen atoms in total. The summed E-state index contributed by atoms with van der Waals surface area (Å²) in [6, 6.07) is -3.66. The first-order valence-electron chi connectivity index (χ1n) is 8.77. The third-order valence-corrected chi connectivity index (χ3v) is 3.80. The molecule has 0 aliphatic rings. The van der Waals surface area contributed by atoms with E-state index in [1.165, 1.54) is 0 Å². The highest BCUT2D eigenvalue weighted by Gasteiger charge is 2.27. The van der Waals surface area contributed by atoms with Crippen LogP contribution in [0.4, 0.5) is 0 Å². The van der Waals surface area contributed by atoms with Crippen molar-refractivity contribution in [1.82, 2.24) is 16.0 Å². The molecule has 13 heteroatoms. The number of rotatable bonds is 13. The molecule has 0 bridgehead atoms. The number of hydrogen-bond acceptors (Lipinski definition) is 7. The van der Waals surface area contributed by atoms with Crippen LogP contribution in [0.3, 0.4) is 0 Å². The van der Waals surface area contributed by atoms with Gasteiger partial charge in [0.15, 0.2) is 0 Å². The maximum atomic E-state index is 12.2. The number of amides is 5. The number of aliphatic carboxylic acids is 1. The van der Waals surface area contributed by atoms with Gasteiger partial charge in [0.25, 0.3) is 0 Å². The van der Waals surface area contributed by atoms with Crippen LogP contribution in [0.2, 0.25) is 0 Å². The Morgan fingerprint density at radius 3 is 1.93 bits per heavy atom. The molecule has 0 rings (SSSR count). The first kappa shape index (κ1) is 25.8. The summed E-state index contributed by atoms with van der Waals surface area (Å²) in [5, 5.41) is 15.6. The van der Waals surface area contributed by atoms with Crippen LogP contribution >= 0.6 is 0 Å². The Bertz CT molecular complexity index is 652. The number of nitrogens with two attached hydrogens (primary N) is 3. The van der Waals surface area contributed by atoms with Crippen molar-refractivity contribution in [1.29, 1.82) is 0 Å². The highest BCUT2D eigenvalue weighted by Crippen LogP contribution is 2.01. The average Bonchev–Trinajstić information content (AvgIpc) is 2.60. The Morgan fingerprint density at radius 2 is 1.48 bits per heavy atom. The zero-order valence-corrected chi connectivity index (χ0v) is 16.3. The van der Waals surface area contributed by atoms with Gasteiger partial charge in [0.1, 0.15) is 12.1 Å². The molecule has 0 aromatic heterocycles. The number of carboxylic acids is 1. The van der Waals surface area contributed by atoms with Gasteiger partial charge in [-0.3, -0.25) is 24.0 Å². The quantitative estimate of drug-likeness (QED) is 0.157. The van der Waals surface area contributed by atoms with Crippen molar-refractivity contribution in [2.45, 2.75) is 51.2 Å². The molecule has 29 heavy (non-hydrogen) atoms. The van der Waals surface area contributed by atoms with Crippen molar-refractivity contribution in [2.24, 2.45) is 23.1 Å². The number of hydrogen-bond donors (Lipinski definition) is 7. The molecule has 0 aromatic carbocycles. The molecular formula is C16H28N6O7. The molecule has 3 atom stereocenters. The van der Waals surface area contributed by atoms with Gasteiger partial charge in [0.2, 0.25) is 29.5 Å². The number of nitrogens with one attached hydrogen (secondary N) is 3. The van der Waals surface area contributed by atoms with Crippen LogP contribution in [0.25, 0.3) is 0 Å². The third-order valence-electron chi connectivity index (χ3n) is 3.80. The van der Waals surface area contributed by atoms with Crippen LogP contribution in [0.5, 0.6) is 0 Å². The molecule has 0 saturated heterocycles. The van der Waals surface area contributed by atoms with E-state index in [0.717, 1.165) is 0 Å². The standard InChI is InChI=1S/C16H28N6O7/c1-7(2)13(19)15(27)22-9(5-11(18)24)14(26)20-6-12(25)21-8(16(28)29)3-4-10(17)23/h7-9,13H,3-6,19H2,1-2H3,(H2,17,23)(H2,18,24)(H,20,26)(H,21,25)(H,22,27)(H,28,29). The van der Waals surface area contributed by atoms with Crippen molar-refractivity contribution in [2.75, 3.05) is 6.54 Å². The topological polar surface area (TPSA) is 237 Å². The zero-order valence-electron chi connectivity index (χ0n) is 16.3. The van der Waals surface area contributed by atoms with Crippen LogP contribution in [0.1, 0.15) is 33.1 Å². The smallest absolute Gasteiger partial charge is 0.326 e. The summed E-state index contributed by atoms with van der Waals surface area (Å²) in [6.07, 6.45) is -1.01. The van der Waals surface area contributed by atoms with Gasteiger partial charge in [-0.05, 0) is 12.3 Å². The molecule has 10 N–H and O–H groups in total. The number of carbonyl (C=O) groups is 6. The minimum atomic E-state index is -1.38. The van der Waals surface area contributed by atoms with Gasteiger partial charge in [-0.1, -0.05) is 13.8 Å². The minimum Gasteiger partial charge on any atom is -0.480 e. The predicted molar refractivity (Wildman–Crippen MR) is 99.6 cm³/mol. The Labute approximate surface area is 167 Å². The Balaban J connectivity index is 4.85. The van der Waals surface area contributed by atoms with Crippen LogP contribution in [0, 0.1) is 5.92 Å². The van der Waals surface area contributed by atoms with Crippen molar-refractivity contribution < 1.29 is 33.9 Å². The second-order valence-corrected chi connectivity index (χ2v) is 6.68. The molecule has 5 amide bonds. The van der Waals surface area contributed by atoms with Crippen molar-refractivity contribution in [3.05, 3.63) is 0 Å². The molecule has 164 valence electrons. The van der Waals surface area contributed by atoms with Gasteiger partial charge in [-0.15, -0.1) is 0 Å². The van der Waals surface area contributed by atoms with Crippen molar-refractivity contribution in [3.8, 4) is 0 Å².